The number of piperidine rings is 1. The summed E-state index contributed by atoms with van der Waals surface area (Å²) in [4.78, 5) is 2.62. The normalized spacial score (nSPS) is 22.1. The Bertz CT molecular complexity index is 1040. The summed E-state index contributed by atoms with van der Waals surface area (Å²) >= 11 is 0. The predicted octanol–water partition coefficient (Wildman–Crippen LogP) is 4.82. The fourth-order valence-corrected chi connectivity index (χ4v) is 5.76. The van der Waals surface area contributed by atoms with Gasteiger partial charge in [0.2, 0.25) is 0 Å². The topological polar surface area (TPSA) is 33.1 Å². The fraction of sp³-hybridized carbons (Fsp3) is 0.464. The molecular weight excluding hydrogens is 411 g/mol. The molecule has 4 nitrogen and oxygen atoms in total. The summed E-state index contributed by atoms with van der Waals surface area (Å²) in [6.45, 7) is 8.43. The molecule has 0 unspecified atom stereocenters. The molecular formula is C28H35FN4. The molecule has 1 N–H and O–H groups in total. The molecule has 2 saturated heterocycles. The van der Waals surface area contributed by atoms with Crippen molar-refractivity contribution in [1.29, 1.82) is 0 Å². The van der Waals surface area contributed by atoms with Gasteiger partial charge in [0.25, 0.3) is 0 Å². The lowest BCUT2D eigenvalue weighted by Crippen LogP contribution is -2.38. The van der Waals surface area contributed by atoms with Crippen LogP contribution in [0.15, 0.2) is 60.7 Å². The van der Waals surface area contributed by atoms with Crippen LogP contribution in [0.2, 0.25) is 0 Å². The van der Waals surface area contributed by atoms with E-state index in [0.29, 0.717) is 17.8 Å². The Balaban J connectivity index is 1.20. The summed E-state index contributed by atoms with van der Waals surface area (Å²) in [5.74, 6) is 1.40. The molecule has 2 fully saturated rings. The smallest absolute Gasteiger partial charge is 0.123 e. The third kappa shape index (κ3) is 5.20. The highest BCUT2D eigenvalue weighted by Crippen LogP contribution is 2.33. The lowest BCUT2D eigenvalue weighted by atomic mass is 9.87. The monoisotopic (exact) mass is 446 g/mol. The quantitative estimate of drug-likeness (QED) is 0.565. The number of rotatable bonds is 7. The molecule has 174 valence electrons. The number of likely N-dealkylation sites (tertiary alicyclic amines) is 1. The Hall–Kier alpha value is -2.50. The van der Waals surface area contributed by atoms with E-state index in [1.807, 2.05) is 6.07 Å². The van der Waals surface area contributed by atoms with E-state index in [1.54, 1.807) is 6.07 Å². The van der Waals surface area contributed by atoms with Gasteiger partial charge in [0.1, 0.15) is 5.82 Å². The van der Waals surface area contributed by atoms with E-state index in [0.717, 1.165) is 51.3 Å². The van der Waals surface area contributed by atoms with Crippen LogP contribution in [-0.4, -0.2) is 47.4 Å². The molecule has 0 radical (unpaired) electrons. The van der Waals surface area contributed by atoms with Crippen LogP contribution in [0.1, 0.15) is 54.1 Å². The molecule has 33 heavy (non-hydrogen) atoms. The molecule has 5 heteroatoms. The third-order valence-corrected chi connectivity index (χ3v) is 7.50. The van der Waals surface area contributed by atoms with Crippen molar-refractivity contribution in [2.75, 3.05) is 32.7 Å². The van der Waals surface area contributed by atoms with E-state index in [4.69, 9.17) is 5.10 Å². The van der Waals surface area contributed by atoms with Crippen molar-refractivity contribution < 1.29 is 4.39 Å². The molecule has 0 spiro atoms. The number of aryl methyl sites for hydroxylation is 1. The van der Waals surface area contributed by atoms with Gasteiger partial charge in [0, 0.05) is 43.6 Å². The van der Waals surface area contributed by atoms with Crippen LogP contribution >= 0.6 is 0 Å². The van der Waals surface area contributed by atoms with Gasteiger partial charge in [-0.2, -0.15) is 5.10 Å². The first-order valence-electron chi connectivity index (χ1n) is 12.5. The average Bonchev–Trinajstić information content (AvgIpc) is 3.47. The molecule has 2 aromatic carbocycles. The van der Waals surface area contributed by atoms with Gasteiger partial charge in [-0.15, -0.1) is 0 Å². The Morgan fingerprint density at radius 2 is 1.82 bits per heavy atom. The molecule has 1 aromatic heterocycles. The van der Waals surface area contributed by atoms with Crippen molar-refractivity contribution in [3.63, 3.8) is 0 Å². The minimum Gasteiger partial charge on any atom is -0.316 e. The van der Waals surface area contributed by atoms with Gasteiger partial charge < -0.3 is 10.2 Å². The molecule has 3 heterocycles. The molecule has 0 aliphatic carbocycles. The predicted molar refractivity (Wildman–Crippen MR) is 131 cm³/mol. The molecule has 2 aliphatic rings. The third-order valence-electron chi connectivity index (χ3n) is 7.50. The van der Waals surface area contributed by atoms with E-state index in [1.165, 1.54) is 35.9 Å². The number of halogens is 1. The first kappa shape index (κ1) is 22.3. The molecule has 0 bridgehead atoms. The first-order valence-corrected chi connectivity index (χ1v) is 12.5. The molecule has 0 saturated carbocycles. The van der Waals surface area contributed by atoms with Crippen LogP contribution in [0.3, 0.4) is 0 Å². The summed E-state index contributed by atoms with van der Waals surface area (Å²) in [5.41, 5.74) is 5.04. The number of aromatic nitrogens is 2. The fourth-order valence-electron chi connectivity index (χ4n) is 5.76. The molecule has 0 amide bonds. The van der Waals surface area contributed by atoms with E-state index < -0.39 is 0 Å². The average molecular weight is 447 g/mol. The van der Waals surface area contributed by atoms with E-state index in [-0.39, 0.29) is 5.82 Å². The number of benzene rings is 2. The standard InChI is InChI=1S/C28H35FN4/c1-2-33-28(17-26(31-33)15-21-7-4-3-5-8-21)22-11-13-32(14-12-22)20-24-18-30-19-27(24)23-9-6-10-25(29)16-23/h3-10,16-17,22,24,27,30H,2,11-15,18-20H2,1H3/t24-,27-/m1/s1. The van der Waals surface area contributed by atoms with Gasteiger partial charge in [-0.25, -0.2) is 4.39 Å². The van der Waals surface area contributed by atoms with Crippen LogP contribution in [0.4, 0.5) is 4.39 Å². The first-order chi connectivity index (χ1) is 16.2. The number of nitrogens with zero attached hydrogens (tertiary/aromatic N) is 3. The van der Waals surface area contributed by atoms with Gasteiger partial charge in [0.15, 0.2) is 0 Å². The number of hydrogen-bond acceptors (Lipinski definition) is 3. The maximum absolute atomic E-state index is 13.8. The van der Waals surface area contributed by atoms with Gasteiger partial charge in [-0.3, -0.25) is 4.68 Å². The van der Waals surface area contributed by atoms with Crippen molar-refractivity contribution >= 4 is 0 Å². The number of nitrogens with one attached hydrogen (secondary N) is 1. The summed E-state index contributed by atoms with van der Waals surface area (Å²) < 4.78 is 16.0. The summed E-state index contributed by atoms with van der Waals surface area (Å²) in [6.07, 6.45) is 3.26. The minimum atomic E-state index is -0.127. The van der Waals surface area contributed by atoms with Gasteiger partial charge in [-0.1, -0.05) is 42.5 Å². The summed E-state index contributed by atoms with van der Waals surface area (Å²) in [7, 11) is 0. The maximum Gasteiger partial charge on any atom is 0.123 e. The van der Waals surface area contributed by atoms with E-state index >= 15 is 0 Å². The molecule has 2 aliphatic heterocycles. The van der Waals surface area contributed by atoms with Crippen molar-refractivity contribution in [3.8, 4) is 0 Å². The lowest BCUT2D eigenvalue weighted by Gasteiger charge is -2.34. The largest absolute Gasteiger partial charge is 0.316 e. The van der Waals surface area contributed by atoms with Crippen molar-refractivity contribution in [2.45, 2.75) is 44.6 Å². The van der Waals surface area contributed by atoms with Gasteiger partial charge >= 0.3 is 0 Å². The van der Waals surface area contributed by atoms with Crippen molar-refractivity contribution in [2.24, 2.45) is 5.92 Å². The van der Waals surface area contributed by atoms with Crippen LogP contribution in [0, 0.1) is 11.7 Å². The Morgan fingerprint density at radius 3 is 2.58 bits per heavy atom. The molecule has 5 rings (SSSR count). The zero-order valence-electron chi connectivity index (χ0n) is 19.6. The van der Waals surface area contributed by atoms with Gasteiger partial charge in [0.05, 0.1) is 5.69 Å². The van der Waals surface area contributed by atoms with Crippen LogP contribution < -0.4 is 5.32 Å². The van der Waals surface area contributed by atoms with Crippen LogP contribution in [-0.2, 0) is 13.0 Å². The SMILES string of the molecule is CCn1nc(Cc2ccccc2)cc1C1CCN(C[C@H]2CNC[C@@H]2c2cccc(F)c2)CC1. The second-order valence-corrected chi connectivity index (χ2v) is 9.69. The molecule has 3 aromatic rings. The summed E-state index contributed by atoms with van der Waals surface area (Å²) in [6, 6.07) is 20.1. The highest BCUT2D eigenvalue weighted by atomic mass is 19.1. The van der Waals surface area contributed by atoms with E-state index in [9.17, 15) is 4.39 Å². The lowest BCUT2D eigenvalue weighted by molar-refractivity contribution is 0.179. The Labute approximate surface area is 196 Å². The number of hydrogen-bond donors (Lipinski definition) is 1. The highest BCUT2D eigenvalue weighted by Gasteiger charge is 2.32. The Kier molecular flexibility index (Phi) is 6.88. The maximum atomic E-state index is 13.8. The zero-order chi connectivity index (χ0) is 22.6. The van der Waals surface area contributed by atoms with Crippen molar-refractivity contribution in [3.05, 3.63) is 89.0 Å². The van der Waals surface area contributed by atoms with Crippen molar-refractivity contribution in [1.82, 2.24) is 20.0 Å². The van der Waals surface area contributed by atoms with Crippen LogP contribution in [0.25, 0.3) is 0 Å². The van der Waals surface area contributed by atoms with Crippen LogP contribution in [0.5, 0.6) is 0 Å². The second-order valence-electron chi connectivity index (χ2n) is 9.69. The Morgan fingerprint density at radius 1 is 1.00 bits per heavy atom. The van der Waals surface area contributed by atoms with Gasteiger partial charge in [-0.05, 0) is 74.6 Å². The highest BCUT2D eigenvalue weighted by molar-refractivity contribution is 5.25. The zero-order valence-corrected chi connectivity index (χ0v) is 19.6. The minimum absolute atomic E-state index is 0.127. The van der Waals surface area contributed by atoms with E-state index in [2.05, 4.69) is 64.3 Å². The summed E-state index contributed by atoms with van der Waals surface area (Å²) in [5, 5.41) is 8.46. The molecule has 2 atom stereocenters. The second kappa shape index (κ2) is 10.2.